The Balaban J connectivity index is 2.43. The van der Waals surface area contributed by atoms with Crippen molar-refractivity contribution in [1.82, 2.24) is 5.09 Å². The van der Waals surface area contributed by atoms with Crippen molar-refractivity contribution in [2.24, 2.45) is 11.8 Å². The van der Waals surface area contributed by atoms with Gasteiger partial charge in [-0.2, -0.15) is 0 Å². The molecule has 0 spiro atoms. The van der Waals surface area contributed by atoms with Gasteiger partial charge in [-0.25, -0.2) is 4.57 Å². The number of carbonyl (C=O) groups is 1. The van der Waals surface area contributed by atoms with E-state index in [0.717, 1.165) is 7.11 Å². The lowest BCUT2D eigenvalue weighted by Crippen LogP contribution is -2.23. The molecule has 1 rings (SSSR count). The Morgan fingerprint density at radius 3 is 2.85 bits per heavy atom. The van der Waals surface area contributed by atoms with Crippen LogP contribution >= 0.6 is 7.75 Å². The van der Waals surface area contributed by atoms with E-state index in [1.807, 2.05) is 5.09 Å². The quantitative estimate of drug-likeness (QED) is 0.522. The molecule has 0 aromatic heterocycles. The summed E-state index contributed by atoms with van der Waals surface area (Å²) in [6.45, 7) is 3.53. The molecule has 1 aliphatic rings. The fraction of sp³-hybridized carbons (Fsp3) is 0.571. The van der Waals surface area contributed by atoms with Gasteiger partial charge >= 0.3 is 7.75 Å². The first-order valence-corrected chi connectivity index (χ1v) is 5.41. The van der Waals surface area contributed by atoms with Crippen LogP contribution in [0.2, 0.25) is 0 Å². The Bertz CT molecular complexity index is 278. The second-order valence-corrected chi connectivity index (χ2v) is 4.55. The average Bonchev–Trinajstić information content (AvgIpc) is 2.82. The molecular formula is C7H12NO4P. The van der Waals surface area contributed by atoms with Gasteiger partial charge in [0.1, 0.15) is 0 Å². The molecule has 0 aromatic carbocycles. The summed E-state index contributed by atoms with van der Waals surface area (Å²) in [5.74, 6) is -0.525. The molecule has 2 N–H and O–H groups in total. The zero-order chi connectivity index (χ0) is 10.1. The number of amides is 1. The monoisotopic (exact) mass is 205 g/mol. The Labute approximate surface area is 76.4 Å². The molecule has 3 atom stereocenters. The normalized spacial score (nSPS) is 30.3. The standard InChI is InChI=1S/C7H12NO4P/c1-3-5-4-6(5)7(9)8-13(10,11)12-2/h3,5-6H,1,4H2,2H3,(H2,8,9,10,11)/t5-,6+/m1/s1. The highest BCUT2D eigenvalue weighted by atomic mass is 31.2. The summed E-state index contributed by atoms with van der Waals surface area (Å²) in [6.07, 6.45) is 2.36. The maximum Gasteiger partial charge on any atom is 0.432 e. The Kier molecular flexibility index (Phi) is 2.91. The van der Waals surface area contributed by atoms with Gasteiger partial charge < -0.3 is 4.89 Å². The molecular weight excluding hydrogens is 193 g/mol. The molecule has 1 unspecified atom stereocenters. The van der Waals surface area contributed by atoms with Crippen LogP contribution in [0, 0.1) is 11.8 Å². The number of hydrogen-bond donors (Lipinski definition) is 2. The fourth-order valence-electron chi connectivity index (χ4n) is 1.04. The molecule has 1 aliphatic carbocycles. The third-order valence-corrected chi connectivity index (χ3v) is 2.98. The maximum absolute atomic E-state index is 11.2. The highest BCUT2D eigenvalue weighted by Crippen LogP contribution is 2.43. The van der Waals surface area contributed by atoms with Gasteiger partial charge in [-0.1, -0.05) is 6.08 Å². The molecule has 6 heteroatoms. The molecule has 74 valence electrons. The Morgan fingerprint density at radius 2 is 2.46 bits per heavy atom. The predicted molar refractivity (Wildman–Crippen MR) is 46.8 cm³/mol. The van der Waals surface area contributed by atoms with Gasteiger partial charge in [-0.3, -0.25) is 14.4 Å². The molecule has 13 heavy (non-hydrogen) atoms. The van der Waals surface area contributed by atoms with Crippen LogP contribution in [-0.2, 0) is 13.9 Å². The van der Waals surface area contributed by atoms with Crippen molar-refractivity contribution in [3.8, 4) is 0 Å². The average molecular weight is 205 g/mol. The van der Waals surface area contributed by atoms with Crippen molar-refractivity contribution in [3.63, 3.8) is 0 Å². The Morgan fingerprint density at radius 1 is 1.85 bits per heavy atom. The number of hydrogen-bond acceptors (Lipinski definition) is 3. The molecule has 5 nitrogen and oxygen atoms in total. The first kappa shape index (κ1) is 10.4. The third-order valence-electron chi connectivity index (χ3n) is 1.98. The molecule has 0 heterocycles. The van der Waals surface area contributed by atoms with E-state index in [1.165, 1.54) is 0 Å². The molecule has 0 saturated heterocycles. The summed E-state index contributed by atoms with van der Waals surface area (Å²) in [5, 5.41) is 1.93. The molecule has 0 radical (unpaired) electrons. The highest BCUT2D eigenvalue weighted by molar-refractivity contribution is 7.51. The summed E-state index contributed by atoms with van der Waals surface area (Å²) in [6, 6.07) is 0. The predicted octanol–water partition coefficient (Wildman–Crippen LogP) is 0.671. The zero-order valence-corrected chi connectivity index (χ0v) is 8.16. The number of rotatable bonds is 4. The third kappa shape index (κ3) is 2.66. The molecule has 1 fully saturated rings. The van der Waals surface area contributed by atoms with Crippen molar-refractivity contribution in [1.29, 1.82) is 0 Å². The lowest BCUT2D eigenvalue weighted by atomic mass is 10.3. The van der Waals surface area contributed by atoms with E-state index in [1.54, 1.807) is 6.08 Å². The molecule has 1 amide bonds. The lowest BCUT2D eigenvalue weighted by Gasteiger charge is -2.09. The van der Waals surface area contributed by atoms with Crippen LogP contribution < -0.4 is 5.09 Å². The highest BCUT2D eigenvalue weighted by Gasteiger charge is 2.42. The van der Waals surface area contributed by atoms with E-state index in [0.29, 0.717) is 6.42 Å². The van der Waals surface area contributed by atoms with Gasteiger partial charge in [0, 0.05) is 13.0 Å². The molecule has 1 saturated carbocycles. The zero-order valence-electron chi connectivity index (χ0n) is 7.27. The summed E-state index contributed by atoms with van der Waals surface area (Å²) in [7, 11) is -2.85. The van der Waals surface area contributed by atoms with Crippen LogP contribution in [0.25, 0.3) is 0 Å². The summed E-state index contributed by atoms with van der Waals surface area (Å²) in [4.78, 5) is 20.1. The Hall–Kier alpha value is -0.640. The van der Waals surface area contributed by atoms with E-state index in [9.17, 15) is 9.36 Å². The first-order chi connectivity index (χ1) is 6.00. The van der Waals surface area contributed by atoms with Gasteiger partial charge in [0.05, 0.1) is 0 Å². The van der Waals surface area contributed by atoms with Gasteiger partial charge in [-0.15, -0.1) is 6.58 Å². The lowest BCUT2D eigenvalue weighted by molar-refractivity contribution is -0.121. The van der Waals surface area contributed by atoms with Crippen molar-refractivity contribution in [2.45, 2.75) is 6.42 Å². The molecule has 0 aromatic rings. The second kappa shape index (κ2) is 3.62. The van der Waals surface area contributed by atoms with Crippen molar-refractivity contribution in [2.75, 3.05) is 7.11 Å². The van der Waals surface area contributed by atoms with Crippen LogP contribution in [0.3, 0.4) is 0 Å². The van der Waals surface area contributed by atoms with Gasteiger partial charge in [0.2, 0.25) is 5.91 Å². The number of nitrogens with one attached hydrogen (secondary N) is 1. The number of carbonyl (C=O) groups excluding carboxylic acids is 1. The van der Waals surface area contributed by atoms with Crippen molar-refractivity contribution < 1.29 is 18.8 Å². The topological polar surface area (TPSA) is 75.6 Å². The SMILES string of the molecule is C=C[C@@H]1C[C@@H]1C(=O)NP(=O)(O)OC. The fourth-order valence-corrected chi connectivity index (χ4v) is 1.58. The van der Waals surface area contributed by atoms with Crippen LogP contribution in [0.1, 0.15) is 6.42 Å². The summed E-state index contributed by atoms with van der Waals surface area (Å²) < 4.78 is 15.1. The second-order valence-electron chi connectivity index (χ2n) is 2.92. The van der Waals surface area contributed by atoms with E-state index in [2.05, 4.69) is 11.1 Å². The minimum absolute atomic E-state index is 0.136. The first-order valence-electron chi connectivity index (χ1n) is 3.83. The van der Waals surface area contributed by atoms with Crippen LogP contribution in [-0.4, -0.2) is 17.9 Å². The smallest absolute Gasteiger partial charge is 0.308 e. The molecule has 0 bridgehead atoms. The van der Waals surface area contributed by atoms with E-state index >= 15 is 0 Å². The minimum Gasteiger partial charge on any atom is -0.308 e. The van der Waals surface area contributed by atoms with Gasteiger partial charge in [-0.05, 0) is 12.3 Å². The largest absolute Gasteiger partial charge is 0.432 e. The van der Waals surface area contributed by atoms with E-state index in [-0.39, 0.29) is 11.8 Å². The van der Waals surface area contributed by atoms with Crippen LogP contribution in [0.4, 0.5) is 0 Å². The van der Waals surface area contributed by atoms with E-state index in [4.69, 9.17) is 4.89 Å². The van der Waals surface area contributed by atoms with Gasteiger partial charge in [0.25, 0.3) is 0 Å². The molecule has 0 aliphatic heterocycles. The summed E-state index contributed by atoms with van der Waals surface area (Å²) >= 11 is 0. The van der Waals surface area contributed by atoms with Gasteiger partial charge in [0.15, 0.2) is 0 Å². The van der Waals surface area contributed by atoms with Crippen LogP contribution in [0.5, 0.6) is 0 Å². The van der Waals surface area contributed by atoms with E-state index < -0.39 is 13.7 Å². The number of allylic oxidation sites excluding steroid dienone is 1. The summed E-state index contributed by atoms with van der Waals surface area (Å²) in [5.41, 5.74) is 0. The minimum atomic E-state index is -3.91. The maximum atomic E-state index is 11.2. The van der Waals surface area contributed by atoms with Crippen molar-refractivity contribution >= 4 is 13.7 Å². The van der Waals surface area contributed by atoms with Crippen LogP contribution in [0.15, 0.2) is 12.7 Å². The van der Waals surface area contributed by atoms with Crippen molar-refractivity contribution in [3.05, 3.63) is 12.7 Å².